The second-order valence-corrected chi connectivity index (χ2v) is 5.47. The molecule has 0 fully saturated rings. The summed E-state index contributed by atoms with van der Waals surface area (Å²) in [6.07, 6.45) is 0. The van der Waals surface area contributed by atoms with Gasteiger partial charge in [0.1, 0.15) is 17.4 Å². The topological polar surface area (TPSA) is 72.7 Å². The molecule has 0 unspecified atom stereocenters. The number of hydrogen-bond donors (Lipinski definition) is 2. The zero-order chi connectivity index (χ0) is 15.7. The lowest BCUT2D eigenvalue weighted by atomic mass is 10.1. The lowest BCUT2D eigenvalue weighted by Gasteiger charge is -2.04. The number of rotatable bonds is 2. The number of fused-ring (bicyclic) bond motifs is 1. The number of allylic oxidation sites excluding steroid dienone is 1. The average Bonchev–Trinajstić information content (AvgIpc) is 2.90. The molecule has 0 spiro atoms. The maximum Gasteiger partial charge on any atom is 0.153 e. The molecule has 108 valence electrons. The van der Waals surface area contributed by atoms with Crippen molar-refractivity contribution >= 4 is 45.6 Å². The lowest BCUT2D eigenvalue weighted by molar-refractivity contribution is 0.514. The standard InChI is InChI=1S/C16H9Cl2N3O/c17-10-5-9(6-11(18)7-10)15(22)12(8-19)16-20-13-3-1-2-4-14(13)21-16/h1-7,22H,(H,20,21)/b15-12-. The molecular formula is C16H9Cl2N3O. The van der Waals surface area contributed by atoms with Crippen LogP contribution in [0, 0.1) is 11.3 Å². The van der Waals surface area contributed by atoms with Crippen LogP contribution in [0.15, 0.2) is 42.5 Å². The Morgan fingerprint density at radius 2 is 1.82 bits per heavy atom. The second kappa shape index (κ2) is 5.72. The molecule has 0 bridgehead atoms. The van der Waals surface area contributed by atoms with Crippen molar-refractivity contribution in [2.75, 3.05) is 0 Å². The molecule has 2 N–H and O–H groups in total. The van der Waals surface area contributed by atoms with Gasteiger partial charge in [0.05, 0.1) is 11.0 Å². The number of halogens is 2. The molecule has 0 saturated heterocycles. The van der Waals surface area contributed by atoms with Crippen molar-refractivity contribution in [2.24, 2.45) is 0 Å². The summed E-state index contributed by atoms with van der Waals surface area (Å²) in [5, 5.41) is 20.5. The van der Waals surface area contributed by atoms with Crippen LogP contribution in [0.1, 0.15) is 11.4 Å². The largest absolute Gasteiger partial charge is 0.506 e. The monoisotopic (exact) mass is 329 g/mol. The maximum absolute atomic E-state index is 10.4. The van der Waals surface area contributed by atoms with Gasteiger partial charge in [-0.1, -0.05) is 35.3 Å². The Kier molecular flexibility index (Phi) is 3.76. The van der Waals surface area contributed by atoms with E-state index in [-0.39, 0.29) is 17.2 Å². The van der Waals surface area contributed by atoms with E-state index in [4.69, 9.17) is 23.2 Å². The maximum atomic E-state index is 10.4. The van der Waals surface area contributed by atoms with Gasteiger partial charge in [0, 0.05) is 15.6 Å². The van der Waals surface area contributed by atoms with Crippen LogP contribution >= 0.6 is 23.2 Å². The first-order chi connectivity index (χ1) is 10.6. The van der Waals surface area contributed by atoms with Crippen LogP contribution in [0.3, 0.4) is 0 Å². The van der Waals surface area contributed by atoms with E-state index < -0.39 is 0 Å². The Hall–Kier alpha value is -2.48. The molecule has 0 aliphatic carbocycles. The molecular weight excluding hydrogens is 321 g/mol. The number of nitrogens with one attached hydrogen (secondary N) is 1. The van der Waals surface area contributed by atoms with E-state index in [9.17, 15) is 10.4 Å². The van der Waals surface area contributed by atoms with Crippen LogP contribution < -0.4 is 0 Å². The minimum Gasteiger partial charge on any atom is -0.506 e. The van der Waals surface area contributed by atoms with Crippen LogP contribution in [0.4, 0.5) is 0 Å². The van der Waals surface area contributed by atoms with Gasteiger partial charge in [-0.2, -0.15) is 5.26 Å². The zero-order valence-electron chi connectivity index (χ0n) is 11.1. The van der Waals surface area contributed by atoms with Gasteiger partial charge in [-0.25, -0.2) is 4.98 Å². The highest BCUT2D eigenvalue weighted by Crippen LogP contribution is 2.28. The number of aromatic amines is 1. The van der Waals surface area contributed by atoms with Crippen molar-refractivity contribution in [1.29, 1.82) is 5.26 Å². The highest BCUT2D eigenvalue weighted by Gasteiger charge is 2.15. The van der Waals surface area contributed by atoms with Crippen molar-refractivity contribution < 1.29 is 5.11 Å². The molecule has 2 aromatic carbocycles. The molecule has 0 amide bonds. The highest BCUT2D eigenvalue weighted by molar-refractivity contribution is 6.34. The fourth-order valence-electron chi connectivity index (χ4n) is 2.12. The van der Waals surface area contributed by atoms with Gasteiger partial charge in [0.15, 0.2) is 5.82 Å². The third-order valence-corrected chi connectivity index (χ3v) is 3.55. The Morgan fingerprint density at radius 3 is 2.45 bits per heavy atom. The van der Waals surface area contributed by atoms with Crippen molar-refractivity contribution in [2.45, 2.75) is 0 Å². The second-order valence-electron chi connectivity index (χ2n) is 4.60. The minimum atomic E-state index is -0.231. The molecule has 4 nitrogen and oxygen atoms in total. The number of aliphatic hydroxyl groups excluding tert-OH is 1. The predicted octanol–water partition coefficient (Wildman–Crippen LogP) is 4.82. The molecule has 0 atom stereocenters. The normalized spacial score (nSPS) is 12.0. The van der Waals surface area contributed by atoms with E-state index in [1.807, 2.05) is 30.3 Å². The third-order valence-electron chi connectivity index (χ3n) is 3.11. The number of para-hydroxylation sites is 2. The van der Waals surface area contributed by atoms with Crippen molar-refractivity contribution in [3.8, 4) is 6.07 Å². The number of H-pyrrole nitrogens is 1. The zero-order valence-corrected chi connectivity index (χ0v) is 12.7. The van der Waals surface area contributed by atoms with E-state index in [1.54, 1.807) is 6.07 Å². The van der Waals surface area contributed by atoms with Gasteiger partial charge in [0.25, 0.3) is 0 Å². The molecule has 0 aliphatic heterocycles. The van der Waals surface area contributed by atoms with Crippen LogP contribution in [0.25, 0.3) is 22.4 Å². The Morgan fingerprint density at radius 1 is 1.14 bits per heavy atom. The summed E-state index contributed by atoms with van der Waals surface area (Å²) in [5.74, 6) is 0.0586. The van der Waals surface area contributed by atoms with Crippen molar-refractivity contribution in [1.82, 2.24) is 9.97 Å². The summed E-state index contributed by atoms with van der Waals surface area (Å²) >= 11 is 11.9. The predicted molar refractivity (Wildman–Crippen MR) is 87.6 cm³/mol. The molecule has 0 aliphatic rings. The molecule has 0 radical (unpaired) electrons. The van der Waals surface area contributed by atoms with E-state index in [1.165, 1.54) is 12.1 Å². The number of nitrogens with zero attached hydrogens (tertiary/aromatic N) is 2. The molecule has 3 aromatic rings. The summed E-state index contributed by atoms with van der Waals surface area (Å²) in [4.78, 5) is 7.32. The summed E-state index contributed by atoms with van der Waals surface area (Å²) in [7, 11) is 0. The summed E-state index contributed by atoms with van der Waals surface area (Å²) in [6, 6.07) is 13.9. The number of aliphatic hydroxyl groups is 1. The molecule has 6 heteroatoms. The van der Waals surface area contributed by atoms with Crippen molar-refractivity contribution in [3.63, 3.8) is 0 Å². The number of imidazole rings is 1. The number of hydrogen-bond acceptors (Lipinski definition) is 3. The SMILES string of the molecule is N#C/C(=C(/O)c1cc(Cl)cc(Cl)c1)c1nc2ccccc2[nH]1. The van der Waals surface area contributed by atoms with E-state index >= 15 is 0 Å². The molecule has 0 saturated carbocycles. The number of aromatic nitrogens is 2. The molecule has 1 aromatic heterocycles. The highest BCUT2D eigenvalue weighted by atomic mass is 35.5. The fourth-order valence-corrected chi connectivity index (χ4v) is 2.65. The van der Waals surface area contributed by atoms with Gasteiger partial charge < -0.3 is 10.1 Å². The smallest absolute Gasteiger partial charge is 0.153 e. The van der Waals surface area contributed by atoms with Gasteiger partial charge in [0.2, 0.25) is 0 Å². The fraction of sp³-hybridized carbons (Fsp3) is 0. The Balaban J connectivity index is 2.18. The Labute approximate surface area is 136 Å². The lowest BCUT2D eigenvalue weighted by Crippen LogP contribution is -1.92. The Bertz CT molecular complexity index is 885. The molecule has 22 heavy (non-hydrogen) atoms. The van der Waals surface area contributed by atoms with Crippen molar-refractivity contribution in [3.05, 3.63) is 63.9 Å². The van der Waals surface area contributed by atoms with Crippen LogP contribution in [0.5, 0.6) is 0 Å². The van der Waals surface area contributed by atoms with Crippen LogP contribution in [-0.4, -0.2) is 15.1 Å². The van der Waals surface area contributed by atoms with Crippen LogP contribution in [0.2, 0.25) is 10.0 Å². The third kappa shape index (κ3) is 2.64. The van der Waals surface area contributed by atoms with Gasteiger partial charge in [-0.05, 0) is 30.3 Å². The quantitative estimate of drug-likeness (QED) is 0.523. The summed E-state index contributed by atoms with van der Waals surface area (Å²) in [5.41, 5.74) is 1.87. The summed E-state index contributed by atoms with van der Waals surface area (Å²) < 4.78 is 0. The average molecular weight is 330 g/mol. The number of nitriles is 1. The molecule has 3 rings (SSSR count). The van der Waals surface area contributed by atoms with E-state index in [2.05, 4.69) is 9.97 Å². The minimum absolute atomic E-state index is 0.0227. The first kappa shape index (κ1) is 14.5. The van der Waals surface area contributed by atoms with E-state index in [0.717, 1.165) is 5.52 Å². The first-order valence-electron chi connectivity index (χ1n) is 6.33. The van der Waals surface area contributed by atoms with Gasteiger partial charge in [-0.15, -0.1) is 0 Å². The summed E-state index contributed by atoms with van der Waals surface area (Å²) in [6.45, 7) is 0. The van der Waals surface area contributed by atoms with Gasteiger partial charge in [-0.3, -0.25) is 0 Å². The molecule has 1 heterocycles. The first-order valence-corrected chi connectivity index (χ1v) is 7.09. The van der Waals surface area contributed by atoms with E-state index in [0.29, 0.717) is 21.1 Å². The number of benzene rings is 2. The van der Waals surface area contributed by atoms with Gasteiger partial charge >= 0.3 is 0 Å². The van der Waals surface area contributed by atoms with Crippen LogP contribution in [-0.2, 0) is 0 Å².